The summed E-state index contributed by atoms with van der Waals surface area (Å²) in [6.07, 6.45) is 0. The van der Waals surface area contributed by atoms with Crippen LogP contribution in [-0.4, -0.2) is 4.99 Å². The fraction of sp³-hybridized carbons (Fsp3) is 0.0714. The predicted molar refractivity (Wildman–Crippen MR) is 83.1 cm³/mol. The molecule has 2 N–H and O–H groups in total. The number of nitrogens with two attached hydrogens (primary N) is 1. The molecule has 2 rings (SSSR count). The van der Waals surface area contributed by atoms with Gasteiger partial charge in [-0.05, 0) is 24.3 Å². The molecule has 0 atom stereocenters. The van der Waals surface area contributed by atoms with E-state index in [1.807, 2.05) is 0 Å². The largest absolute Gasteiger partial charge is 0.489 e. The van der Waals surface area contributed by atoms with Crippen molar-refractivity contribution >= 4 is 40.4 Å². The molecule has 0 spiro atoms. The van der Waals surface area contributed by atoms with Gasteiger partial charge in [0.15, 0.2) is 0 Å². The van der Waals surface area contributed by atoms with Crippen molar-refractivity contribution in [3.8, 4) is 5.75 Å². The lowest BCUT2D eigenvalue weighted by Crippen LogP contribution is -2.13. The van der Waals surface area contributed by atoms with Gasteiger partial charge in [0, 0.05) is 21.2 Å². The summed E-state index contributed by atoms with van der Waals surface area (Å²) in [4.78, 5) is 0.00940. The first-order valence-electron chi connectivity index (χ1n) is 5.63. The molecule has 0 saturated carbocycles. The van der Waals surface area contributed by atoms with E-state index in [1.54, 1.807) is 30.3 Å². The van der Waals surface area contributed by atoms with Gasteiger partial charge in [0.1, 0.15) is 23.2 Å². The summed E-state index contributed by atoms with van der Waals surface area (Å²) >= 11 is 16.5. The molecule has 0 heterocycles. The number of hydrogen-bond acceptors (Lipinski definition) is 2. The van der Waals surface area contributed by atoms with E-state index >= 15 is 0 Å². The minimum Gasteiger partial charge on any atom is -0.489 e. The van der Waals surface area contributed by atoms with Crippen LogP contribution >= 0.6 is 35.4 Å². The summed E-state index contributed by atoms with van der Waals surface area (Å²) in [7, 11) is 0. The molecule has 0 unspecified atom stereocenters. The van der Waals surface area contributed by atoms with Crippen molar-refractivity contribution in [3.63, 3.8) is 0 Å². The van der Waals surface area contributed by atoms with Crippen LogP contribution in [0.3, 0.4) is 0 Å². The third-order valence-electron chi connectivity index (χ3n) is 2.57. The molecule has 2 aromatic rings. The number of ether oxygens (including phenoxy) is 1. The number of thiocarbonyl (C=S) groups is 1. The normalized spacial score (nSPS) is 10.3. The Morgan fingerprint density at radius 1 is 1.20 bits per heavy atom. The van der Waals surface area contributed by atoms with Crippen molar-refractivity contribution in [1.82, 2.24) is 0 Å². The van der Waals surface area contributed by atoms with Crippen LogP contribution in [-0.2, 0) is 6.61 Å². The van der Waals surface area contributed by atoms with Gasteiger partial charge in [-0.15, -0.1) is 0 Å². The molecule has 0 aliphatic heterocycles. The highest BCUT2D eigenvalue weighted by atomic mass is 35.5. The van der Waals surface area contributed by atoms with Gasteiger partial charge in [-0.25, -0.2) is 4.39 Å². The molecule has 20 heavy (non-hydrogen) atoms. The van der Waals surface area contributed by atoms with Crippen molar-refractivity contribution in [2.75, 3.05) is 0 Å². The molecule has 0 radical (unpaired) electrons. The number of rotatable bonds is 4. The quantitative estimate of drug-likeness (QED) is 0.847. The Balaban J connectivity index is 2.19. The predicted octanol–water partition coefficient (Wildman–Crippen LogP) is 4.35. The van der Waals surface area contributed by atoms with Crippen LogP contribution < -0.4 is 10.5 Å². The standard InChI is InChI=1S/C14H10Cl2FNOS/c15-9-4-10(16)6-11(5-9)19-7-8-2-1-3-12(13(8)17)14(18)20/h1-6H,7H2,(H2,18,20). The SMILES string of the molecule is NC(=S)c1cccc(COc2cc(Cl)cc(Cl)c2)c1F. The zero-order valence-corrected chi connectivity index (χ0v) is 12.5. The van der Waals surface area contributed by atoms with Crippen LogP contribution in [0.25, 0.3) is 0 Å². The molecule has 104 valence electrons. The van der Waals surface area contributed by atoms with Gasteiger partial charge in [-0.1, -0.05) is 47.6 Å². The Kier molecular flexibility index (Phi) is 4.81. The molecule has 0 fully saturated rings. The van der Waals surface area contributed by atoms with E-state index in [1.165, 1.54) is 6.07 Å². The second-order valence-corrected chi connectivity index (χ2v) is 5.35. The minimum atomic E-state index is -0.479. The maximum atomic E-state index is 14.1. The summed E-state index contributed by atoms with van der Waals surface area (Å²) in [5.74, 6) is -0.0178. The summed E-state index contributed by atoms with van der Waals surface area (Å²) in [6, 6.07) is 9.58. The van der Waals surface area contributed by atoms with Crippen molar-refractivity contribution in [2.24, 2.45) is 5.73 Å². The van der Waals surface area contributed by atoms with Crippen molar-refractivity contribution in [3.05, 3.63) is 63.4 Å². The second kappa shape index (κ2) is 6.39. The summed E-state index contributed by atoms with van der Waals surface area (Å²) in [6.45, 7) is 0.0267. The highest BCUT2D eigenvalue weighted by Crippen LogP contribution is 2.25. The van der Waals surface area contributed by atoms with Crippen molar-refractivity contribution < 1.29 is 9.13 Å². The van der Waals surface area contributed by atoms with E-state index in [9.17, 15) is 4.39 Å². The Labute approximate surface area is 131 Å². The molecule has 6 heteroatoms. The van der Waals surface area contributed by atoms with E-state index in [4.69, 9.17) is 45.9 Å². The summed E-state index contributed by atoms with van der Waals surface area (Å²) in [5.41, 5.74) is 6.00. The third-order valence-corrected chi connectivity index (χ3v) is 3.23. The van der Waals surface area contributed by atoms with E-state index in [0.29, 0.717) is 21.4 Å². The van der Waals surface area contributed by atoms with Gasteiger partial charge in [0.05, 0.1) is 0 Å². The molecule has 0 bridgehead atoms. The summed E-state index contributed by atoms with van der Waals surface area (Å²) in [5, 5.41) is 0.898. The maximum absolute atomic E-state index is 14.1. The zero-order chi connectivity index (χ0) is 14.7. The van der Waals surface area contributed by atoms with Crippen LogP contribution in [0.5, 0.6) is 5.75 Å². The van der Waals surface area contributed by atoms with Gasteiger partial charge in [-0.2, -0.15) is 0 Å². The lowest BCUT2D eigenvalue weighted by atomic mass is 10.1. The summed E-state index contributed by atoms with van der Waals surface area (Å²) < 4.78 is 19.6. The van der Waals surface area contributed by atoms with E-state index < -0.39 is 5.82 Å². The van der Waals surface area contributed by atoms with Gasteiger partial charge < -0.3 is 10.5 Å². The van der Waals surface area contributed by atoms with Crippen LogP contribution in [0.2, 0.25) is 10.0 Å². The van der Waals surface area contributed by atoms with Gasteiger partial charge in [-0.3, -0.25) is 0 Å². The lowest BCUT2D eigenvalue weighted by Gasteiger charge is -2.10. The molecule has 2 nitrogen and oxygen atoms in total. The maximum Gasteiger partial charge on any atom is 0.139 e. The molecule has 0 amide bonds. The Morgan fingerprint density at radius 2 is 1.85 bits per heavy atom. The molecule has 0 aliphatic rings. The van der Waals surface area contributed by atoms with Gasteiger partial charge >= 0.3 is 0 Å². The molecular weight excluding hydrogens is 320 g/mol. The first-order valence-corrected chi connectivity index (χ1v) is 6.80. The Hall–Kier alpha value is -1.36. The average molecular weight is 330 g/mol. The third kappa shape index (κ3) is 3.60. The molecule has 2 aromatic carbocycles. The fourth-order valence-electron chi connectivity index (χ4n) is 1.65. The van der Waals surface area contributed by atoms with Crippen molar-refractivity contribution in [2.45, 2.75) is 6.61 Å². The lowest BCUT2D eigenvalue weighted by molar-refractivity contribution is 0.300. The topological polar surface area (TPSA) is 35.2 Å². The smallest absolute Gasteiger partial charge is 0.139 e. The molecule has 0 aromatic heterocycles. The van der Waals surface area contributed by atoms with Gasteiger partial charge in [0.2, 0.25) is 0 Å². The average Bonchev–Trinajstić information content (AvgIpc) is 2.36. The highest BCUT2D eigenvalue weighted by Gasteiger charge is 2.10. The Morgan fingerprint density at radius 3 is 2.45 bits per heavy atom. The first kappa shape index (κ1) is 15.0. The highest BCUT2D eigenvalue weighted by molar-refractivity contribution is 7.80. The van der Waals surface area contributed by atoms with Crippen LogP contribution in [0, 0.1) is 5.82 Å². The van der Waals surface area contributed by atoms with Gasteiger partial charge in [0.25, 0.3) is 0 Å². The van der Waals surface area contributed by atoms with Crippen molar-refractivity contribution in [1.29, 1.82) is 0 Å². The first-order chi connectivity index (χ1) is 9.47. The minimum absolute atomic E-state index is 0.00940. The number of hydrogen-bond donors (Lipinski definition) is 1. The number of halogens is 3. The molecule has 0 aliphatic carbocycles. The van der Waals surface area contributed by atoms with E-state index in [2.05, 4.69) is 0 Å². The number of benzene rings is 2. The molecule has 0 saturated heterocycles. The zero-order valence-electron chi connectivity index (χ0n) is 10.2. The fourth-order valence-corrected chi connectivity index (χ4v) is 2.32. The van der Waals surface area contributed by atoms with E-state index in [-0.39, 0.29) is 17.2 Å². The second-order valence-electron chi connectivity index (χ2n) is 4.04. The van der Waals surface area contributed by atoms with Crippen LogP contribution in [0.15, 0.2) is 36.4 Å². The Bertz CT molecular complexity index is 643. The molecular formula is C14H10Cl2FNOS. The van der Waals surface area contributed by atoms with Crippen LogP contribution in [0.4, 0.5) is 4.39 Å². The monoisotopic (exact) mass is 329 g/mol. The van der Waals surface area contributed by atoms with Crippen LogP contribution in [0.1, 0.15) is 11.1 Å². The van der Waals surface area contributed by atoms with E-state index in [0.717, 1.165) is 0 Å².